The van der Waals surface area contributed by atoms with Gasteiger partial charge in [0, 0.05) is 34.8 Å². The number of imidazole rings is 1. The number of ether oxygens (including phenoxy) is 2. The van der Waals surface area contributed by atoms with Crippen molar-refractivity contribution >= 4 is 45.3 Å². The van der Waals surface area contributed by atoms with Crippen LogP contribution < -0.4 is 14.4 Å². The van der Waals surface area contributed by atoms with Gasteiger partial charge in [-0.05, 0) is 18.6 Å². The average molecular weight is 509 g/mol. The number of aryl methyl sites for hydroxylation is 1. The lowest BCUT2D eigenvalue weighted by atomic mass is 9.94. The Hall–Kier alpha value is -5.05. The Morgan fingerprint density at radius 3 is 2.50 bits per heavy atom. The molecule has 1 unspecified atom stereocenters. The van der Waals surface area contributed by atoms with Gasteiger partial charge in [0.2, 0.25) is 5.95 Å². The lowest BCUT2D eigenvalue weighted by Crippen LogP contribution is -2.30. The molecule has 1 amide bonds. The van der Waals surface area contributed by atoms with Crippen molar-refractivity contribution in [2.75, 3.05) is 19.1 Å². The van der Waals surface area contributed by atoms with Gasteiger partial charge in [0.25, 0.3) is 5.78 Å². The fraction of sp³-hybridized carbons (Fsp3) is 0.138. The van der Waals surface area contributed by atoms with Crippen LogP contribution >= 0.6 is 0 Å². The van der Waals surface area contributed by atoms with E-state index >= 15 is 0 Å². The molecule has 38 heavy (non-hydrogen) atoms. The minimum atomic E-state index is -0.909. The quantitative estimate of drug-likeness (QED) is 0.175. The molecule has 0 aliphatic carbocycles. The fourth-order valence-electron chi connectivity index (χ4n) is 5.06. The van der Waals surface area contributed by atoms with Crippen molar-refractivity contribution in [1.29, 1.82) is 0 Å². The number of aromatic nitrogens is 3. The number of aliphatic hydroxyl groups excluding tert-OH is 1. The number of aromatic amines is 2. The third-order valence-corrected chi connectivity index (χ3v) is 6.85. The number of fused-ring (bicyclic) bond motifs is 2. The molecule has 1 aliphatic heterocycles. The molecule has 3 heterocycles. The summed E-state index contributed by atoms with van der Waals surface area (Å²) in [7, 11) is 3.06. The van der Waals surface area contributed by atoms with Gasteiger partial charge in [0.15, 0.2) is 11.5 Å². The Labute approximate surface area is 217 Å². The number of benzene rings is 3. The van der Waals surface area contributed by atoms with E-state index in [1.165, 1.54) is 19.1 Å². The van der Waals surface area contributed by atoms with Crippen molar-refractivity contribution in [1.82, 2.24) is 15.0 Å². The van der Waals surface area contributed by atoms with E-state index in [2.05, 4.69) is 15.0 Å². The standard InChI is InChI=1S/C29H24N4O5/c1-15-7-6-8-16(11-15)25-24(26(34)18-14-30-19-10-5-4-9-17(18)19)27(35)28(36)33(25)29-31-20-12-22(37-2)23(38-3)13-21(20)32-29/h4-14,25,30,34H,1-3H3,(H,31,32)/b26-24+. The number of anilines is 1. The second-order valence-corrected chi connectivity index (χ2v) is 9.12. The van der Waals surface area contributed by atoms with Gasteiger partial charge in [-0.2, -0.15) is 0 Å². The Bertz CT molecular complexity index is 1740. The summed E-state index contributed by atoms with van der Waals surface area (Å²) in [5.41, 5.74) is 3.96. The Balaban J connectivity index is 1.58. The van der Waals surface area contributed by atoms with Crippen molar-refractivity contribution in [3.63, 3.8) is 0 Å². The number of hydrogen-bond donors (Lipinski definition) is 3. The summed E-state index contributed by atoms with van der Waals surface area (Å²) >= 11 is 0. The fourth-order valence-corrected chi connectivity index (χ4v) is 5.06. The molecule has 6 rings (SSSR count). The first-order valence-electron chi connectivity index (χ1n) is 12.0. The van der Waals surface area contributed by atoms with Crippen molar-refractivity contribution in [3.05, 3.63) is 89.1 Å². The van der Waals surface area contributed by atoms with Gasteiger partial charge in [-0.3, -0.25) is 14.5 Å². The van der Waals surface area contributed by atoms with Crippen LogP contribution in [0.4, 0.5) is 5.95 Å². The van der Waals surface area contributed by atoms with Gasteiger partial charge in [-0.1, -0.05) is 48.0 Å². The SMILES string of the molecule is COc1cc2nc(N3C(=O)C(=O)/C(=C(/O)c4c[nH]c5ccccc45)C3c3cccc(C)c3)[nH]c2cc1OC. The Morgan fingerprint density at radius 1 is 0.974 bits per heavy atom. The van der Waals surface area contributed by atoms with Crippen LogP contribution in [0.25, 0.3) is 27.7 Å². The highest BCUT2D eigenvalue weighted by atomic mass is 16.5. The molecular weight excluding hydrogens is 484 g/mol. The highest BCUT2D eigenvalue weighted by Crippen LogP contribution is 2.43. The van der Waals surface area contributed by atoms with Gasteiger partial charge in [0.05, 0.1) is 36.9 Å². The molecule has 0 saturated carbocycles. The molecule has 3 aromatic carbocycles. The topological polar surface area (TPSA) is 121 Å². The van der Waals surface area contributed by atoms with Crippen LogP contribution in [0, 0.1) is 6.92 Å². The van der Waals surface area contributed by atoms with E-state index in [4.69, 9.17) is 9.47 Å². The van der Waals surface area contributed by atoms with Crippen LogP contribution in [0.1, 0.15) is 22.7 Å². The van der Waals surface area contributed by atoms with Crippen LogP contribution in [0.2, 0.25) is 0 Å². The lowest BCUT2D eigenvalue weighted by Gasteiger charge is -2.23. The van der Waals surface area contributed by atoms with E-state index in [0.717, 1.165) is 16.5 Å². The number of rotatable bonds is 5. The summed E-state index contributed by atoms with van der Waals surface area (Å²) in [6.07, 6.45) is 1.64. The number of carbonyl (C=O) groups excluding carboxylic acids is 2. The monoisotopic (exact) mass is 508 g/mol. The number of nitrogens with zero attached hydrogens (tertiary/aromatic N) is 2. The van der Waals surface area contributed by atoms with Crippen molar-refractivity contribution in [2.45, 2.75) is 13.0 Å². The minimum absolute atomic E-state index is 0.0130. The summed E-state index contributed by atoms with van der Waals surface area (Å²) < 4.78 is 10.8. The molecule has 9 heteroatoms. The number of hydrogen-bond acceptors (Lipinski definition) is 6. The first-order chi connectivity index (χ1) is 18.4. The van der Waals surface area contributed by atoms with E-state index in [1.54, 1.807) is 18.3 Å². The summed E-state index contributed by atoms with van der Waals surface area (Å²) in [4.78, 5) is 39.3. The first kappa shape index (κ1) is 23.4. The zero-order valence-electron chi connectivity index (χ0n) is 20.9. The number of aliphatic hydroxyl groups is 1. The van der Waals surface area contributed by atoms with Crippen molar-refractivity contribution in [3.8, 4) is 11.5 Å². The number of ketones is 1. The molecule has 3 N–H and O–H groups in total. The molecule has 0 spiro atoms. The second kappa shape index (κ2) is 8.81. The average Bonchev–Trinajstić information content (AvgIpc) is 3.61. The van der Waals surface area contributed by atoms with Crippen LogP contribution in [0.5, 0.6) is 11.5 Å². The van der Waals surface area contributed by atoms with Crippen molar-refractivity contribution in [2.24, 2.45) is 0 Å². The van der Waals surface area contributed by atoms with Crippen molar-refractivity contribution < 1.29 is 24.2 Å². The van der Waals surface area contributed by atoms with Gasteiger partial charge >= 0.3 is 5.91 Å². The van der Waals surface area contributed by atoms with Crippen LogP contribution in [-0.2, 0) is 9.59 Å². The maximum Gasteiger partial charge on any atom is 0.302 e. The van der Waals surface area contributed by atoms with E-state index in [-0.39, 0.29) is 17.3 Å². The number of methoxy groups -OCH3 is 2. The van der Waals surface area contributed by atoms with Crippen LogP contribution in [-0.4, -0.2) is 46.0 Å². The zero-order valence-corrected chi connectivity index (χ0v) is 20.9. The maximum atomic E-state index is 13.6. The third kappa shape index (κ3) is 3.51. The first-order valence-corrected chi connectivity index (χ1v) is 12.0. The van der Waals surface area contributed by atoms with Crippen LogP contribution in [0.15, 0.2) is 72.4 Å². The molecule has 1 aliphatic rings. The smallest absolute Gasteiger partial charge is 0.302 e. The Kier molecular flexibility index (Phi) is 5.41. The highest BCUT2D eigenvalue weighted by molar-refractivity contribution is 6.51. The lowest BCUT2D eigenvalue weighted by molar-refractivity contribution is -0.132. The van der Waals surface area contributed by atoms with Crippen LogP contribution in [0.3, 0.4) is 0 Å². The zero-order chi connectivity index (χ0) is 26.6. The molecule has 5 aromatic rings. The summed E-state index contributed by atoms with van der Waals surface area (Å²) in [6, 6.07) is 17.4. The maximum absolute atomic E-state index is 13.6. The highest BCUT2D eigenvalue weighted by Gasteiger charge is 2.48. The molecule has 9 nitrogen and oxygen atoms in total. The molecule has 2 aromatic heterocycles. The summed E-state index contributed by atoms with van der Waals surface area (Å²) in [5.74, 6) is -0.705. The number of carbonyl (C=O) groups is 2. The van der Waals surface area contributed by atoms with E-state index < -0.39 is 17.7 Å². The molecule has 1 saturated heterocycles. The largest absolute Gasteiger partial charge is 0.507 e. The van der Waals surface area contributed by atoms with E-state index in [9.17, 15) is 14.7 Å². The second-order valence-electron chi connectivity index (χ2n) is 9.12. The molecular formula is C29H24N4O5. The molecule has 190 valence electrons. The number of amides is 1. The molecule has 1 fully saturated rings. The predicted octanol–water partition coefficient (Wildman–Crippen LogP) is 5.00. The number of Topliss-reactive ketones (excluding diaryl/α,β-unsaturated/α-hetero) is 1. The minimum Gasteiger partial charge on any atom is -0.507 e. The van der Waals surface area contributed by atoms with Gasteiger partial charge in [0.1, 0.15) is 5.76 Å². The number of para-hydroxylation sites is 1. The van der Waals surface area contributed by atoms with E-state index in [1.807, 2.05) is 55.5 Å². The Morgan fingerprint density at radius 2 is 1.74 bits per heavy atom. The van der Waals surface area contributed by atoms with E-state index in [0.29, 0.717) is 33.7 Å². The summed E-state index contributed by atoms with van der Waals surface area (Å²) in [5, 5.41) is 12.3. The third-order valence-electron chi connectivity index (χ3n) is 6.85. The molecule has 0 radical (unpaired) electrons. The van der Waals surface area contributed by atoms with Gasteiger partial charge in [-0.25, -0.2) is 4.98 Å². The molecule has 0 bridgehead atoms. The predicted molar refractivity (Wildman–Crippen MR) is 143 cm³/mol. The number of H-pyrrole nitrogens is 2. The van der Waals surface area contributed by atoms with Gasteiger partial charge in [-0.15, -0.1) is 0 Å². The number of nitrogens with one attached hydrogen (secondary N) is 2. The normalized spacial score (nSPS) is 17.0. The van der Waals surface area contributed by atoms with Gasteiger partial charge < -0.3 is 24.5 Å². The summed E-state index contributed by atoms with van der Waals surface area (Å²) in [6.45, 7) is 1.93. The molecule has 1 atom stereocenters.